The molecule has 4 heteroatoms. The normalized spacial score (nSPS) is 29.4. The standard InChI is InChI=1S/C16H31N3O/c1-16(2,3)10-12(17)9-15(20)19-8-7-13-5-6-14(11-19)18(13)4/h12-14H,5-11,17H2,1-4H3. The van der Waals surface area contributed by atoms with Crippen molar-refractivity contribution in [1.82, 2.24) is 9.80 Å². The number of carbonyl (C=O) groups is 1. The van der Waals surface area contributed by atoms with Gasteiger partial charge in [-0.15, -0.1) is 0 Å². The molecular formula is C16H31N3O. The number of rotatable bonds is 3. The first-order valence-corrected chi connectivity index (χ1v) is 8.01. The second-order valence-corrected chi connectivity index (χ2v) is 7.91. The van der Waals surface area contributed by atoms with Gasteiger partial charge in [-0.1, -0.05) is 20.8 Å². The third-order valence-corrected chi connectivity index (χ3v) is 4.81. The minimum atomic E-state index is -0.0133. The first-order valence-electron chi connectivity index (χ1n) is 8.01. The van der Waals surface area contributed by atoms with Crippen molar-refractivity contribution < 1.29 is 4.79 Å². The SMILES string of the molecule is CN1C2CCC1CN(C(=O)CC(N)CC(C)(C)C)CC2. The van der Waals surface area contributed by atoms with Crippen LogP contribution in [0.15, 0.2) is 0 Å². The molecule has 2 bridgehead atoms. The molecule has 0 aliphatic carbocycles. The van der Waals surface area contributed by atoms with Crippen LogP contribution in [-0.4, -0.2) is 54.0 Å². The van der Waals surface area contributed by atoms with E-state index in [1.165, 1.54) is 12.8 Å². The number of fused-ring (bicyclic) bond motifs is 2. The number of hydrogen-bond acceptors (Lipinski definition) is 3. The van der Waals surface area contributed by atoms with Gasteiger partial charge in [0.2, 0.25) is 5.91 Å². The van der Waals surface area contributed by atoms with Crippen molar-refractivity contribution in [3.05, 3.63) is 0 Å². The van der Waals surface area contributed by atoms with Gasteiger partial charge in [-0.3, -0.25) is 9.69 Å². The van der Waals surface area contributed by atoms with E-state index in [4.69, 9.17) is 5.73 Å². The maximum atomic E-state index is 12.5. The van der Waals surface area contributed by atoms with Crippen LogP contribution in [0, 0.1) is 5.41 Å². The van der Waals surface area contributed by atoms with Crippen LogP contribution < -0.4 is 5.73 Å². The minimum Gasteiger partial charge on any atom is -0.341 e. The number of carbonyl (C=O) groups excluding carboxylic acids is 1. The number of hydrogen-bond donors (Lipinski definition) is 1. The molecule has 4 nitrogen and oxygen atoms in total. The lowest BCUT2D eigenvalue weighted by Gasteiger charge is -2.28. The van der Waals surface area contributed by atoms with E-state index in [1.807, 2.05) is 0 Å². The van der Waals surface area contributed by atoms with Gasteiger partial charge in [0.25, 0.3) is 0 Å². The highest BCUT2D eigenvalue weighted by Crippen LogP contribution is 2.29. The van der Waals surface area contributed by atoms with Gasteiger partial charge in [0, 0.05) is 37.6 Å². The van der Waals surface area contributed by atoms with Crippen LogP contribution >= 0.6 is 0 Å². The van der Waals surface area contributed by atoms with E-state index in [1.54, 1.807) is 0 Å². The molecule has 2 aliphatic heterocycles. The summed E-state index contributed by atoms with van der Waals surface area (Å²) < 4.78 is 0. The lowest BCUT2D eigenvalue weighted by atomic mass is 9.87. The Hall–Kier alpha value is -0.610. The largest absolute Gasteiger partial charge is 0.341 e. The maximum Gasteiger partial charge on any atom is 0.224 e. The molecule has 1 amide bonds. The van der Waals surface area contributed by atoms with E-state index in [2.05, 4.69) is 37.6 Å². The molecule has 3 atom stereocenters. The van der Waals surface area contributed by atoms with Gasteiger partial charge in [-0.05, 0) is 38.1 Å². The first-order chi connectivity index (χ1) is 9.26. The highest BCUT2D eigenvalue weighted by molar-refractivity contribution is 5.77. The molecule has 2 aliphatic rings. The Morgan fingerprint density at radius 1 is 1.25 bits per heavy atom. The van der Waals surface area contributed by atoms with E-state index in [9.17, 15) is 4.79 Å². The lowest BCUT2D eigenvalue weighted by molar-refractivity contribution is -0.132. The highest BCUT2D eigenvalue weighted by Gasteiger charge is 2.36. The Morgan fingerprint density at radius 3 is 2.55 bits per heavy atom. The van der Waals surface area contributed by atoms with Crippen LogP contribution in [0.2, 0.25) is 0 Å². The fraction of sp³-hybridized carbons (Fsp3) is 0.938. The smallest absolute Gasteiger partial charge is 0.224 e. The molecule has 2 fully saturated rings. The Bertz CT molecular complexity index is 350. The number of likely N-dealkylation sites (N-methyl/N-ethyl adjacent to an activating group) is 1. The molecule has 0 spiro atoms. The van der Waals surface area contributed by atoms with E-state index >= 15 is 0 Å². The van der Waals surface area contributed by atoms with Crippen LogP contribution in [-0.2, 0) is 4.79 Å². The molecule has 2 rings (SSSR count). The summed E-state index contributed by atoms with van der Waals surface area (Å²) >= 11 is 0. The van der Waals surface area contributed by atoms with Gasteiger partial charge in [0.1, 0.15) is 0 Å². The Kier molecular flexibility index (Phi) is 4.75. The average Bonchev–Trinajstić information content (AvgIpc) is 2.49. The van der Waals surface area contributed by atoms with E-state index < -0.39 is 0 Å². The fourth-order valence-electron chi connectivity index (χ4n) is 3.75. The number of amides is 1. The van der Waals surface area contributed by atoms with Gasteiger partial charge >= 0.3 is 0 Å². The summed E-state index contributed by atoms with van der Waals surface area (Å²) in [5.41, 5.74) is 6.34. The van der Waals surface area contributed by atoms with Crippen molar-refractivity contribution in [2.75, 3.05) is 20.1 Å². The molecule has 0 aromatic carbocycles. The first kappa shape index (κ1) is 15.8. The fourth-order valence-corrected chi connectivity index (χ4v) is 3.75. The van der Waals surface area contributed by atoms with Gasteiger partial charge in [-0.2, -0.15) is 0 Å². The number of likely N-dealkylation sites (tertiary alicyclic amines) is 1. The number of nitrogens with two attached hydrogens (primary N) is 1. The molecule has 3 unspecified atom stereocenters. The molecule has 116 valence electrons. The summed E-state index contributed by atoms with van der Waals surface area (Å²) in [6.45, 7) is 8.34. The molecule has 0 aromatic rings. The minimum absolute atomic E-state index is 0.0133. The summed E-state index contributed by atoms with van der Waals surface area (Å²) in [5, 5.41) is 0. The van der Waals surface area contributed by atoms with Crippen molar-refractivity contribution in [1.29, 1.82) is 0 Å². The second kappa shape index (κ2) is 6.02. The van der Waals surface area contributed by atoms with Crippen molar-refractivity contribution >= 4 is 5.91 Å². The van der Waals surface area contributed by atoms with Crippen LogP contribution in [0.4, 0.5) is 0 Å². The van der Waals surface area contributed by atoms with Crippen molar-refractivity contribution in [3.8, 4) is 0 Å². The highest BCUT2D eigenvalue weighted by atomic mass is 16.2. The van der Waals surface area contributed by atoms with Crippen LogP contribution in [0.25, 0.3) is 0 Å². The molecule has 20 heavy (non-hydrogen) atoms. The van der Waals surface area contributed by atoms with Gasteiger partial charge in [0.15, 0.2) is 0 Å². The molecule has 2 saturated heterocycles. The monoisotopic (exact) mass is 281 g/mol. The van der Waals surface area contributed by atoms with Gasteiger partial charge in [-0.25, -0.2) is 0 Å². The van der Waals surface area contributed by atoms with Gasteiger partial charge in [0.05, 0.1) is 0 Å². The zero-order chi connectivity index (χ0) is 14.9. The second-order valence-electron chi connectivity index (χ2n) is 7.91. The number of nitrogens with zero attached hydrogens (tertiary/aromatic N) is 2. The molecule has 2 heterocycles. The molecular weight excluding hydrogens is 250 g/mol. The summed E-state index contributed by atoms with van der Waals surface area (Å²) in [6.07, 6.45) is 5.05. The molecule has 0 aromatic heterocycles. The molecule has 0 radical (unpaired) electrons. The van der Waals surface area contributed by atoms with Crippen molar-refractivity contribution in [2.45, 2.75) is 71.0 Å². The Balaban J connectivity index is 1.87. The maximum absolute atomic E-state index is 12.5. The molecule has 2 N–H and O–H groups in total. The van der Waals surface area contributed by atoms with Crippen LogP contribution in [0.1, 0.15) is 52.9 Å². The average molecular weight is 281 g/mol. The topological polar surface area (TPSA) is 49.6 Å². The summed E-state index contributed by atoms with van der Waals surface area (Å²) in [4.78, 5) is 17.0. The zero-order valence-electron chi connectivity index (χ0n) is 13.6. The third kappa shape index (κ3) is 3.95. The summed E-state index contributed by atoms with van der Waals surface area (Å²) in [5.74, 6) is 0.253. The Morgan fingerprint density at radius 2 is 1.90 bits per heavy atom. The zero-order valence-corrected chi connectivity index (χ0v) is 13.6. The third-order valence-electron chi connectivity index (χ3n) is 4.81. The lowest BCUT2D eigenvalue weighted by Crippen LogP contribution is -2.42. The van der Waals surface area contributed by atoms with Crippen LogP contribution in [0.5, 0.6) is 0 Å². The predicted molar refractivity (Wildman–Crippen MR) is 82.4 cm³/mol. The van der Waals surface area contributed by atoms with E-state index in [0.717, 1.165) is 25.9 Å². The quantitative estimate of drug-likeness (QED) is 0.858. The summed E-state index contributed by atoms with van der Waals surface area (Å²) in [6, 6.07) is 1.23. The van der Waals surface area contributed by atoms with Gasteiger partial charge < -0.3 is 10.6 Å². The molecule has 0 saturated carbocycles. The van der Waals surface area contributed by atoms with E-state index in [-0.39, 0.29) is 17.4 Å². The Labute approximate surface area is 123 Å². The van der Waals surface area contributed by atoms with E-state index in [0.29, 0.717) is 18.5 Å². The predicted octanol–water partition coefficient (Wildman–Crippen LogP) is 1.84. The van der Waals surface area contributed by atoms with Crippen molar-refractivity contribution in [2.24, 2.45) is 11.1 Å². The van der Waals surface area contributed by atoms with Crippen molar-refractivity contribution in [3.63, 3.8) is 0 Å². The van der Waals surface area contributed by atoms with Crippen LogP contribution in [0.3, 0.4) is 0 Å². The summed E-state index contributed by atoms with van der Waals surface area (Å²) in [7, 11) is 2.21.